The van der Waals surface area contributed by atoms with E-state index in [1.54, 1.807) is 0 Å². The Labute approximate surface area is 71.5 Å². The van der Waals surface area contributed by atoms with Crippen molar-refractivity contribution in [3.63, 3.8) is 0 Å². The molecule has 0 fully saturated rings. The zero-order valence-corrected chi connectivity index (χ0v) is 6.30. The molecule has 6 heteroatoms. The first kappa shape index (κ1) is 9.50. The van der Waals surface area contributed by atoms with Crippen LogP contribution in [-0.2, 0) is 0 Å². The second-order valence-electron chi connectivity index (χ2n) is 2.24. The number of para-hydroxylation sites is 1. The minimum atomic E-state index is -4.83. The van der Waals surface area contributed by atoms with Crippen LogP contribution in [0.3, 0.4) is 0 Å². The van der Waals surface area contributed by atoms with Crippen LogP contribution in [0.2, 0.25) is 0 Å². The molecule has 0 spiro atoms. The van der Waals surface area contributed by atoms with Crippen LogP contribution < -0.4 is 10.5 Å². The number of hydrogen-bond donors (Lipinski definition) is 2. The Hall–Kier alpha value is -1.59. The predicted octanol–water partition coefficient (Wildman–Crippen LogP) is 1.87. The molecule has 0 amide bonds. The highest BCUT2D eigenvalue weighted by Gasteiger charge is 2.32. The lowest BCUT2D eigenvalue weighted by atomic mass is 10.3. The summed E-state index contributed by atoms with van der Waals surface area (Å²) in [6.07, 6.45) is -4.83. The predicted molar refractivity (Wildman–Crippen MR) is 39.2 cm³/mol. The molecule has 0 radical (unpaired) electrons. The van der Waals surface area contributed by atoms with Crippen molar-refractivity contribution in [3.8, 4) is 11.5 Å². The number of ether oxygens (including phenoxy) is 1. The summed E-state index contributed by atoms with van der Waals surface area (Å²) in [7, 11) is 0. The number of benzene rings is 1. The topological polar surface area (TPSA) is 55.5 Å². The number of halogens is 3. The Bertz CT molecular complexity index is 311. The van der Waals surface area contributed by atoms with Crippen molar-refractivity contribution in [2.75, 3.05) is 5.73 Å². The molecular weight excluding hydrogens is 187 g/mol. The lowest BCUT2D eigenvalue weighted by Crippen LogP contribution is -2.17. The first-order valence-electron chi connectivity index (χ1n) is 3.23. The van der Waals surface area contributed by atoms with Gasteiger partial charge in [0.05, 0.1) is 5.69 Å². The molecule has 0 aliphatic carbocycles. The van der Waals surface area contributed by atoms with Gasteiger partial charge < -0.3 is 15.6 Å². The summed E-state index contributed by atoms with van der Waals surface area (Å²) in [4.78, 5) is 0. The highest BCUT2D eigenvalue weighted by atomic mass is 19.4. The quantitative estimate of drug-likeness (QED) is 0.528. The number of nitrogen functional groups attached to an aromatic ring is 1. The summed E-state index contributed by atoms with van der Waals surface area (Å²) in [5.74, 6) is -1.41. The Morgan fingerprint density at radius 2 is 1.92 bits per heavy atom. The zero-order valence-electron chi connectivity index (χ0n) is 6.30. The van der Waals surface area contributed by atoms with Crippen LogP contribution in [0.1, 0.15) is 0 Å². The molecule has 0 aliphatic heterocycles. The van der Waals surface area contributed by atoms with E-state index < -0.39 is 17.9 Å². The molecule has 72 valence electrons. The second-order valence-corrected chi connectivity index (χ2v) is 2.24. The fraction of sp³-hybridized carbons (Fsp3) is 0.143. The first-order valence-corrected chi connectivity index (χ1v) is 3.23. The maximum absolute atomic E-state index is 11.7. The van der Waals surface area contributed by atoms with E-state index in [2.05, 4.69) is 4.74 Å². The molecule has 0 bridgehead atoms. The third-order valence-corrected chi connectivity index (χ3v) is 1.26. The van der Waals surface area contributed by atoms with E-state index in [1.165, 1.54) is 12.1 Å². The number of hydrogen-bond acceptors (Lipinski definition) is 3. The van der Waals surface area contributed by atoms with Gasteiger partial charge in [0.1, 0.15) is 0 Å². The normalized spacial score (nSPS) is 11.3. The van der Waals surface area contributed by atoms with E-state index in [-0.39, 0.29) is 5.69 Å². The highest BCUT2D eigenvalue weighted by Crippen LogP contribution is 2.35. The Morgan fingerprint density at radius 1 is 1.31 bits per heavy atom. The van der Waals surface area contributed by atoms with Gasteiger partial charge in [0.15, 0.2) is 11.5 Å². The van der Waals surface area contributed by atoms with Crippen molar-refractivity contribution >= 4 is 5.69 Å². The average Bonchev–Trinajstić information content (AvgIpc) is 1.96. The molecule has 1 aromatic carbocycles. The lowest BCUT2D eigenvalue weighted by Gasteiger charge is -2.10. The van der Waals surface area contributed by atoms with Gasteiger partial charge in [-0.2, -0.15) is 0 Å². The van der Waals surface area contributed by atoms with Crippen molar-refractivity contribution in [1.29, 1.82) is 0 Å². The number of phenols is 1. The van der Waals surface area contributed by atoms with Crippen molar-refractivity contribution in [2.45, 2.75) is 6.36 Å². The van der Waals surface area contributed by atoms with E-state index in [4.69, 9.17) is 10.8 Å². The van der Waals surface area contributed by atoms with Gasteiger partial charge in [-0.15, -0.1) is 13.2 Å². The van der Waals surface area contributed by atoms with Gasteiger partial charge in [-0.25, -0.2) is 0 Å². The lowest BCUT2D eigenvalue weighted by molar-refractivity contribution is -0.275. The first-order chi connectivity index (χ1) is 5.90. The van der Waals surface area contributed by atoms with Crippen LogP contribution in [0.25, 0.3) is 0 Å². The second kappa shape index (κ2) is 3.04. The smallest absolute Gasteiger partial charge is 0.503 e. The number of rotatable bonds is 1. The molecular formula is C7H6F3NO2. The van der Waals surface area contributed by atoms with Crippen LogP contribution >= 0.6 is 0 Å². The molecule has 0 atom stereocenters. The molecule has 0 aliphatic rings. The Morgan fingerprint density at radius 3 is 2.46 bits per heavy atom. The minimum Gasteiger partial charge on any atom is -0.503 e. The monoisotopic (exact) mass is 193 g/mol. The minimum absolute atomic E-state index is 0.165. The molecule has 3 nitrogen and oxygen atoms in total. The van der Waals surface area contributed by atoms with E-state index in [0.29, 0.717) is 0 Å². The van der Waals surface area contributed by atoms with Gasteiger partial charge in [-0.3, -0.25) is 0 Å². The maximum atomic E-state index is 11.7. The summed E-state index contributed by atoms with van der Waals surface area (Å²) in [6.45, 7) is 0. The zero-order chi connectivity index (χ0) is 10.1. The highest BCUT2D eigenvalue weighted by molar-refractivity contribution is 5.59. The average molecular weight is 193 g/mol. The molecule has 1 aromatic rings. The summed E-state index contributed by atoms with van der Waals surface area (Å²) in [5, 5.41) is 9.01. The standard InChI is InChI=1S/C7H6F3NO2/c8-7(9,10)13-5-3-1-2-4(11)6(5)12/h1-3,12H,11H2. The third-order valence-electron chi connectivity index (χ3n) is 1.26. The summed E-state index contributed by atoms with van der Waals surface area (Å²) in [6, 6.07) is 3.48. The summed E-state index contributed by atoms with van der Waals surface area (Å²) < 4.78 is 38.5. The number of alkyl halides is 3. The maximum Gasteiger partial charge on any atom is 0.573 e. The van der Waals surface area contributed by atoms with Crippen molar-refractivity contribution in [3.05, 3.63) is 18.2 Å². The summed E-state index contributed by atoms with van der Waals surface area (Å²) in [5.41, 5.74) is 4.98. The fourth-order valence-electron chi connectivity index (χ4n) is 0.746. The van der Waals surface area contributed by atoms with Crippen LogP contribution in [0.4, 0.5) is 18.9 Å². The third kappa shape index (κ3) is 2.43. The number of aromatic hydroxyl groups is 1. The van der Waals surface area contributed by atoms with E-state index in [9.17, 15) is 13.2 Å². The molecule has 13 heavy (non-hydrogen) atoms. The van der Waals surface area contributed by atoms with Crippen LogP contribution in [0, 0.1) is 0 Å². The van der Waals surface area contributed by atoms with Gasteiger partial charge in [0.2, 0.25) is 0 Å². The fourth-order valence-corrected chi connectivity index (χ4v) is 0.746. The van der Waals surface area contributed by atoms with Gasteiger partial charge in [-0.05, 0) is 12.1 Å². The number of anilines is 1. The van der Waals surface area contributed by atoms with Crippen LogP contribution in [-0.4, -0.2) is 11.5 Å². The van der Waals surface area contributed by atoms with Gasteiger partial charge in [0.25, 0.3) is 0 Å². The number of nitrogens with two attached hydrogens (primary N) is 1. The summed E-state index contributed by atoms with van der Waals surface area (Å²) >= 11 is 0. The van der Waals surface area contributed by atoms with E-state index in [1.807, 2.05) is 0 Å². The molecule has 0 saturated heterocycles. The molecule has 0 aromatic heterocycles. The Kier molecular flexibility index (Phi) is 2.22. The SMILES string of the molecule is Nc1cccc(OC(F)(F)F)c1O. The van der Waals surface area contributed by atoms with Crippen molar-refractivity contribution in [1.82, 2.24) is 0 Å². The van der Waals surface area contributed by atoms with Gasteiger partial charge in [0, 0.05) is 0 Å². The molecule has 0 unspecified atom stereocenters. The van der Waals surface area contributed by atoms with Crippen LogP contribution in [0.5, 0.6) is 11.5 Å². The molecule has 0 saturated carbocycles. The molecule has 0 heterocycles. The largest absolute Gasteiger partial charge is 0.573 e. The molecule has 3 N–H and O–H groups in total. The molecule has 1 rings (SSSR count). The van der Waals surface area contributed by atoms with Crippen molar-refractivity contribution in [2.24, 2.45) is 0 Å². The number of phenolic OH excluding ortho intramolecular Hbond substituents is 1. The van der Waals surface area contributed by atoms with E-state index in [0.717, 1.165) is 6.07 Å². The van der Waals surface area contributed by atoms with E-state index >= 15 is 0 Å². The van der Waals surface area contributed by atoms with Crippen molar-refractivity contribution < 1.29 is 23.0 Å². The Balaban J connectivity index is 2.96. The van der Waals surface area contributed by atoms with Gasteiger partial charge >= 0.3 is 6.36 Å². The van der Waals surface area contributed by atoms with Gasteiger partial charge in [-0.1, -0.05) is 6.07 Å². The van der Waals surface area contributed by atoms with Crippen LogP contribution in [0.15, 0.2) is 18.2 Å².